The number of hydrogen-bond acceptors (Lipinski definition) is 6. The third kappa shape index (κ3) is 4.72. The van der Waals surface area contributed by atoms with Gasteiger partial charge in [-0.15, -0.1) is 0 Å². The van der Waals surface area contributed by atoms with Crippen LogP contribution in [0, 0.1) is 0 Å². The maximum atomic E-state index is 12.7. The van der Waals surface area contributed by atoms with Crippen LogP contribution in [-0.4, -0.2) is 43.9 Å². The number of ether oxygens (including phenoxy) is 3. The first-order valence-corrected chi connectivity index (χ1v) is 9.91. The number of aromatic nitrogens is 1. The molecule has 1 amide bonds. The van der Waals surface area contributed by atoms with Crippen LogP contribution < -0.4 is 9.54 Å². The summed E-state index contributed by atoms with van der Waals surface area (Å²) in [5.74, 6) is -0.0924. The Labute approximate surface area is 172 Å². The molecule has 8 heteroatoms. The van der Waals surface area contributed by atoms with Crippen LogP contribution in [0.25, 0.3) is 10.2 Å². The Morgan fingerprint density at radius 1 is 1.07 bits per heavy atom. The lowest BCUT2D eigenvalue weighted by Gasteiger charge is -2.06. The second kappa shape index (κ2) is 9.49. The summed E-state index contributed by atoms with van der Waals surface area (Å²) in [7, 11) is 2.93. The van der Waals surface area contributed by atoms with E-state index in [0.29, 0.717) is 35.7 Å². The molecule has 0 unspecified atom stereocenters. The van der Waals surface area contributed by atoms with Crippen molar-refractivity contribution in [2.75, 3.05) is 27.4 Å². The van der Waals surface area contributed by atoms with Crippen molar-refractivity contribution in [2.45, 2.75) is 13.5 Å². The number of methoxy groups -OCH3 is 2. The van der Waals surface area contributed by atoms with Gasteiger partial charge in [0.25, 0.3) is 5.91 Å². The van der Waals surface area contributed by atoms with Gasteiger partial charge < -0.3 is 18.8 Å². The molecule has 0 atom stereocenters. The average molecular weight is 414 g/mol. The summed E-state index contributed by atoms with van der Waals surface area (Å²) in [5, 5.41) is 0. The normalized spacial score (nSPS) is 11.6. The van der Waals surface area contributed by atoms with E-state index in [4.69, 9.17) is 9.47 Å². The van der Waals surface area contributed by atoms with Crippen LogP contribution in [0.15, 0.2) is 47.5 Å². The van der Waals surface area contributed by atoms with Crippen molar-refractivity contribution < 1.29 is 23.8 Å². The molecule has 0 radical (unpaired) electrons. The predicted octanol–water partition coefficient (Wildman–Crippen LogP) is 3.28. The lowest BCUT2D eigenvalue weighted by atomic mass is 10.1. The SMILES string of the molecule is CCOCCn1c(=NC(=O)c2ccc(C(=O)OC)cc2)sc2cc(OC)ccc21. The van der Waals surface area contributed by atoms with E-state index in [-0.39, 0.29) is 5.91 Å². The first-order valence-electron chi connectivity index (χ1n) is 9.10. The van der Waals surface area contributed by atoms with Crippen molar-refractivity contribution in [3.05, 3.63) is 58.4 Å². The van der Waals surface area contributed by atoms with E-state index in [1.807, 2.05) is 29.7 Å². The van der Waals surface area contributed by atoms with E-state index in [0.717, 1.165) is 16.0 Å². The van der Waals surface area contributed by atoms with E-state index >= 15 is 0 Å². The Morgan fingerprint density at radius 3 is 2.45 bits per heavy atom. The van der Waals surface area contributed by atoms with Crippen molar-refractivity contribution in [3.63, 3.8) is 0 Å². The summed E-state index contributed by atoms with van der Waals surface area (Å²) in [6, 6.07) is 12.0. The molecule has 0 fully saturated rings. The number of carbonyl (C=O) groups excluding carboxylic acids is 2. The fourth-order valence-corrected chi connectivity index (χ4v) is 3.88. The van der Waals surface area contributed by atoms with Crippen molar-refractivity contribution in [1.82, 2.24) is 4.57 Å². The van der Waals surface area contributed by atoms with E-state index in [1.54, 1.807) is 31.4 Å². The van der Waals surface area contributed by atoms with Gasteiger partial charge in [-0.2, -0.15) is 4.99 Å². The first kappa shape index (κ1) is 20.8. The zero-order valence-electron chi connectivity index (χ0n) is 16.5. The summed E-state index contributed by atoms with van der Waals surface area (Å²) < 4.78 is 18.4. The first-order chi connectivity index (χ1) is 14.1. The van der Waals surface area contributed by atoms with Gasteiger partial charge in [-0.1, -0.05) is 11.3 Å². The molecule has 0 saturated carbocycles. The van der Waals surface area contributed by atoms with Gasteiger partial charge in [-0.3, -0.25) is 4.79 Å². The van der Waals surface area contributed by atoms with Crippen LogP contribution >= 0.6 is 11.3 Å². The Morgan fingerprint density at radius 2 is 1.79 bits per heavy atom. The second-order valence-corrected chi connectivity index (χ2v) is 7.06. The van der Waals surface area contributed by atoms with Gasteiger partial charge in [-0.05, 0) is 49.4 Å². The molecular formula is C21H22N2O5S. The van der Waals surface area contributed by atoms with Crippen LogP contribution in [0.3, 0.4) is 0 Å². The molecule has 0 aliphatic rings. The average Bonchev–Trinajstić information content (AvgIpc) is 3.09. The smallest absolute Gasteiger partial charge is 0.337 e. The van der Waals surface area contributed by atoms with Gasteiger partial charge in [0.1, 0.15) is 5.75 Å². The molecule has 0 N–H and O–H groups in total. The third-order valence-electron chi connectivity index (χ3n) is 4.30. The number of carbonyl (C=O) groups is 2. The molecule has 0 spiro atoms. The Bertz CT molecular complexity index is 1080. The minimum Gasteiger partial charge on any atom is -0.497 e. The zero-order chi connectivity index (χ0) is 20.8. The summed E-state index contributed by atoms with van der Waals surface area (Å²) in [5.41, 5.74) is 1.73. The van der Waals surface area contributed by atoms with Crippen LogP contribution in [0.2, 0.25) is 0 Å². The molecule has 3 aromatic rings. The highest BCUT2D eigenvalue weighted by Gasteiger charge is 2.12. The van der Waals surface area contributed by atoms with E-state index < -0.39 is 5.97 Å². The zero-order valence-corrected chi connectivity index (χ0v) is 17.3. The fraction of sp³-hybridized carbons (Fsp3) is 0.286. The molecule has 152 valence electrons. The Hall–Kier alpha value is -2.97. The maximum absolute atomic E-state index is 12.7. The van der Waals surface area contributed by atoms with Gasteiger partial charge in [0.05, 0.1) is 36.6 Å². The molecular weight excluding hydrogens is 392 g/mol. The second-order valence-electron chi connectivity index (χ2n) is 6.05. The van der Waals surface area contributed by atoms with Crippen molar-refractivity contribution in [3.8, 4) is 5.75 Å². The summed E-state index contributed by atoms with van der Waals surface area (Å²) in [4.78, 5) is 29.2. The third-order valence-corrected chi connectivity index (χ3v) is 5.34. The van der Waals surface area contributed by atoms with Crippen LogP contribution in [0.5, 0.6) is 5.75 Å². The highest BCUT2D eigenvalue weighted by molar-refractivity contribution is 7.16. The Kier molecular flexibility index (Phi) is 6.79. The maximum Gasteiger partial charge on any atom is 0.337 e. The van der Waals surface area contributed by atoms with E-state index in [2.05, 4.69) is 9.73 Å². The van der Waals surface area contributed by atoms with Crippen molar-refractivity contribution >= 4 is 33.4 Å². The molecule has 0 aliphatic carbocycles. The van der Waals surface area contributed by atoms with Crippen molar-refractivity contribution in [2.24, 2.45) is 4.99 Å². The molecule has 7 nitrogen and oxygen atoms in total. The fourth-order valence-electron chi connectivity index (χ4n) is 2.80. The molecule has 1 aromatic heterocycles. The van der Waals surface area contributed by atoms with Gasteiger partial charge in [0, 0.05) is 18.7 Å². The topological polar surface area (TPSA) is 79.1 Å². The largest absolute Gasteiger partial charge is 0.497 e. The van der Waals surface area contributed by atoms with Crippen molar-refractivity contribution in [1.29, 1.82) is 0 Å². The van der Waals surface area contributed by atoms with Gasteiger partial charge >= 0.3 is 5.97 Å². The van der Waals surface area contributed by atoms with E-state index in [9.17, 15) is 9.59 Å². The van der Waals surface area contributed by atoms with Gasteiger partial charge in [0.2, 0.25) is 0 Å². The number of hydrogen-bond donors (Lipinski definition) is 0. The number of amides is 1. The standard InChI is InChI=1S/C21H22N2O5S/c1-4-28-12-11-23-17-10-9-16(26-2)13-18(17)29-21(23)22-19(24)14-5-7-15(8-6-14)20(25)27-3/h5-10,13H,4,11-12H2,1-3H3. The van der Waals surface area contributed by atoms with Gasteiger partial charge in [-0.25, -0.2) is 4.79 Å². The van der Waals surface area contributed by atoms with E-state index in [1.165, 1.54) is 18.4 Å². The minimum atomic E-state index is -0.451. The Balaban J connectivity index is 1.99. The molecule has 0 saturated heterocycles. The number of rotatable bonds is 7. The number of nitrogens with zero attached hydrogens (tertiary/aromatic N) is 2. The lowest BCUT2D eigenvalue weighted by Crippen LogP contribution is -2.19. The molecule has 0 aliphatic heterocycles. The highest BCUT2D eigenvalue weighted by atomic mass is 32.1. The quantitative estimate of drug-likeness (QED) is 0.438. The molecule has 3 rings (SSSR count). The van der Waals surface area contributed by atoms with Crippen LogP contribution in [0.4, 0.5) is 0 Å². The number of benzene rings is 2. The summed E-state index contributed by atoms with van der Waals surface area (Å²) >= 11 is 1.41. The minimum absolute atomic E-state index is 0.379. The van der Waals surface area contributed by atoms with Crippen LogP contribution in [-0.2, 0) is 16.0 Å². The summed E-state index contributed by atoms with van der Waals surface area (Å²) in [6.45, 7) is 3.65. The molecule has 29 heavy (non-hydrogen) atoms. The predicted molar refractivity (Wildman–Crippen MR) is 111 cm³/mol. The monoisotopic (exact) mass is 414 g/mol. The highest BCUT2D eigenvalue weighted by Crippen LogP contribution is 2.23. The number of esters is 1. The number of thiazole rings is 1. The lowest BCUT2D eigenvalue weighted by molar-refractivity contribution is 0.0600. The number of fused-ring (bicyclic) bond motifs is 1. The van der Waals surface area contributed by atoms with Gasteiger partial charge in [0.15, 0.2) is 4.80 Å². The molecule has 1 heterocycles. The summed E-state index contributed by atoms with van der Waals surface area (Å²) in [6.07, 6.45) is 0. The van der Waals surface area contributed by atoms with Crippen LogP contribution in [0.1, 0.15) is 27.6 Å². The molecule has 2 aromatic carbocycles. The molecule has 0 bridgehead atoms.